The molecule has 0 radical (unpaired) electrons. The number of nitrogens with zero attached hydrogens (tertiary/aromatic N) is 6. The number of nitrogens with two attached hydrogens (primary N) is 2. The number of hydrogen-bond acceptors (Lipinski definition) is 10. The van der Waals surface area contributed by atoms with E-state index in [1.807, 2.05) is 6.92 Å². The number of hydrogen-bond donors (Lipinski definition) is 2. The van der Waals surface area contributed by atoms with Crippen molar-refractivity contribution in [3.05, 3.63) is 46.7 Å². The Hall–Kier alpha value is -4.56. The highest BCUT2D eigenvalue weighted by atomic mass is 19.4. The summed E-state index contributed by atoms with van der Waals surface area (Å²) in [5, 5.41) is -0.00998. The van der Waals surface area contributed by atoms with E-state index in [1.165, 1.54) is 13.3 Å². The van der Waals surface area contributed by atoms with Gasteiger partial charge in [0.05, 0.1) is 25.3 Å². The van der Waals surface area contributed by atoms with Crippen LogP contribution < -0.4 is 25.8 Å². The standard InChI is InChI=1S/C24H21F5N8O2/c1-9-13(24(27,28)29)17(33-20(31)14(9)25)18-15(26)16-12-21(36-23(35-16)38-3)37(7-8-39-22(12)34-18)10(2)11-5-4-6-32-19(11)30/h4-6,10H,7-8H2,1-3H3,(H2,30,32)(H2,31,33)/t10-/m1/s1. The molecule has 5 heterocycles. The van der Waals surface area contributed by atoms with Crippen molar-refractivity contribution in [3.8, 4) is 23.3 Å². The molecule has 204 valence electrons. The monoisotopic (exact) mass is 548 g/mol. The Bertz CT molecular complexity index is 1610. The van der Waals surface area contributed by atoms with E-state index >= 15 is 4.39 Å². The first-order valence-corrected chi connectivity index (χ1v) is 11.5. The number of methoxy groups -OCH3 is 1. The van der Waals surface area contributed by atoms with Crippen LogP contribution in [0.1, 0.15) is 29.7 Å². The first-order valence-electron chi connectivity index (χ1n) is 11.5. The summed E-state index contributed by atoms with van der Waals surface area (Å²) in [5.41, 5.74) is 7.55. The summed E-state index contributed by atoms with van der Waals surface area (Å²) in [7, 11) is 1.25. The van der Waals surface area contributed by atoms with E-state index in [4.69, 9.17) is 20.9 Å². The molecule has 39 heavy (non-hydrogen) atoms. The van der Waals surface area contributed by atoms with Gasteiger partial charge in [0.1, 0.15) is 40.5 Å². The van der Waals surface area contributed by atoms with Gasteiger partial charge in [-0.2, -0.15) is 23.1 Å². The van der Waals surface area contributed by atoms with Crippen molar-refractivity contribution < 1.29 is 31.4 Å². The SMILES string of the molecule is COc1nc2c3c(nc(-c4nc(N)c(F)c(C)c4C(F)(F)F)c(F)c3n1)OCCN2[C@H](C)c1cccnc1N. The third-order valence-electron chi connectivity index (χ3n) is 6.43. The Morgan fingerprint density at radius 1 is 1.05 bits per heavy atom. The number of anilines is 3. The van der Waals surface area contributed by atoms with Gasteiger partial charge in [-0.15, -0.1) is 0 Å². The van der Waals surface area contributed by atoms with Gasteiger partial charge < -0.3 is 25.8 Å². The number of pyridine rings is 3. The van der Waals surface area contributed by atoms with Crippen LogP contribution in [0.15, 0.2) is 18.3 Å². The second-order valence-corrected chi connectivity index (χ2v) is 8.69. The highest BCUT2D eigenvalue weighted by molar-refractivity contribution is 5.97. The first kappa shape index (κ1) is 26.1. The summed E-state index contributed by atoms with van der Waals surface area (Å²) in [5.74, 6) is -3.33. The second kappa shape index (κ2) is 9.32. The number of ether oxygens (including phenoxy) is 2. The predicted octanol–water partition coefficient (Wildman–Crippen LogP) is 4.22. The predicted molar refractivity (Wildman–Crippen MR) is 131 cm³/mol. The van der Waals surface area contributed by atoms with Gasteiger partial charge >= 0.3 is 12.2 Å². The normalized spacial score (nSPS) is 14.2. The van der Waals surface area contributed by atoms with Crippen LogP contribution in [-0.2, 0) is 6.18 Å². The molecule has 0 saturated carbocycles. The lowest BCUT2D eigenvalue weighted by molar-refractivity contribution is -0.137. The van der Waals surface area contributed by atoms with Gasteiger partial charge in [0.2, 0.25) is 5.88 Å². The number of halogens is 5. The largest absolute Gasteiger partial charge is 0.475 e. The quantitative estimate of drug-likeness (QED) is 0.357. The fourth-order valence-electron chi connectivity index (χ4n) is 4.56. The van der Waals surface area contributed by atoms with E-state index in [0.29, 0.717) is 5.56 Å². The van der Waals surface area contributed by atoms with Gasteiger partial charge in [0.25, 0.3) is 0 Å². The van der Waals surface area contributed by atoms with E-state index in [1.54, 1.807) is 17.0 Å². The van der Waals surface area contributed by atoms with Crippen molar-refractivity contribution in [2.45, 2.75) is 26.1 Å². The zero-order chi connectivity index (χ0) is 28.2. The minimum Gasteiger partial charge on any atom is -0.475 e. The zero-order valence-corrected chi connectivity index (χ0v) is 20.8. The van der Waals surface area contributed by atoms with Gasteiger partial charge in [-0.3, -0.25) is 0 Å². The Labute approximate surface area is 217 Å². The molecule has 0 aliphatic carbocycles. The van der Waals surface area contributed by atoms with E-state index in [-0.39, 0.29) is 42.1 Å². The van der Waals surface area contributed by atoms with Crippen LogP contribution in [0.4, 0.5) is 39.4 Å². The summed E-state index contributed by atoms with van der Waals surface area (Å²) in [6, 6.07) is 2.76. The van der Waals surface area contributed by atoms with Crippen molar-refractivity contribution in [2.75, 3.05) is 36.6 Å². The van der Waals surface area contributed by atoms with Gasteiger partial charge in [0.15, 0.2) is 17.5 Å². The smallest absolute Gasteiger partial charge is 0.418 e. The molecule has 0 aromatic carbocycles. The van der Waals surface area contributed by atoms with E-state index < -0.39 is 57.7 Å². The van der Waals surface area contributed by atoms with Crippen LogP contribution in [0.5, 0.6) is 11.9 Å². The fraction of sp³-hybridized carbons (Fsp3) is 0.292. The zero-order valence-electron chi connectivity index (χ0n) is 20.8. The molecule has 0 amide bonds. The lowest BCUT2D eigenvalue weighted by atomic mass is 10.0. The molecular weight excluding hydrogens is 527 g/mol. The molecule has 4 N–H and O–H groups in total. The minimum atomic E-state index is -5.11. The maximum absolute atomic E-state index is 16.1. The third-order valence-corrected chi connectivity index (χ3v) is 6.43. The summed E-state index contributed by atoms with van der Waals surface area (Å²) in [4.78, 5) is 21.9. The van der Waals surface area contributed by atoms with E-state index in [2.05, 4.69) is 24.9 Å². The maximum Gasteiger partial charge on any atom is 0.418 e. The Kier molecular flexibility index (Phi) is 6.23. The Balaban J connectivity index is 1.81. The number of rotatable bonds is 4. The van der Waals surface area contributed by atoms with Crippen LogP contribution in [0, 0.1) is 18.6 Å². The molecule has 0 spiro atoms. The fourth-order valence-corrected chi connectivity index (χ4v) is 4.56. The first-order chi connectivity index (χ1) is 18.4. The van der Waals surface area contributed by atoms with Crippen LogP contribution in [0.25, 0.3) is 22.3 Å². The van der Waals surface area contributed by atoms with Crippen molar-refractivity contribution in [1.82, 2.24) is 24.9 Å². The van der Waals surface area contributed by atoms with Crippen molar-refractivity contribution in [1.29, 1.82) is 0 Å². The second-order valence-electron chi connectivity index (χ2n) is 8.69. The van der Waals surface area contributed by atoms with Crippen molar-refractivity contribution >= 4 is 28.4 Å². The Morgan fingerprint density at radius 3 is 2.46 bits per heavy atom. The summed E-state index contributed by atoms with van der Waals surface area (Å²) >= 11 is 0. The molecule has 10 nitrogen and oxygen atoms in total. The highest BCUT2D eigenvalue weighted by Crippen LogP contribution is 2.45. The molecule has 1 aliphatic rings. The molecule has 0 saturated heterocycles. The lowest BCUT2D eigenvalue weighted by Gasteiger charge is -2.30. The molecule has 4 aromatic rings. The summed E-state index contributed by atoms with van der Waals surface area (Å²) in [6.45, 7) is 2.88. The minimum absolute atomic E-state index is 0.00998. The van der Waals surface area contributed by atoms with Crippen LogP contribution in [-0.4, -0.2) is 45.2 Å². The number of nitrogen functional groups attached to an aromatic ring is 2. The van der Waals surface area contributed by atoms with Crippen LogP contribution in [0.2, 0.25) is 0 Å². The molecule has 15 heteroatoms. The van der Waals surface area contributed by atoms with Crippen LogP contribution in [0.3, 0.4) is 0 Å². The van der Waals surface area contributed by atoms with Crippen LogP contribution >= 0.6 is 0 Å². The van der Waals surface area contributed by atoms with E-state index in [0.717, 1.165) is 6.92 Å². The molecule has 0 unspecified atom stereocenters. The molecule has 4 aromatic heterocycles. The van der Waals surface area contributed by atoms with Gasteiger partial charge in [0, 0.05) is 17.3 Å². The number of aromatic nitrogens is 5. The maximum atomic E-state index is 16.1. The average Bonchev–Trinajstić information content (AvgIpc) is 3.07. The van der Waals surface area contributed by atoms with Gasteiger partial charge in [-0.05, 0) is 19.9 Å². The topological polar surface area (TPSA) is 138 Å². The molecule has 0 fully saturated rings. The van der Waals surface area contributed by atoms with E-state index in [9.17, 15) is 17.6 Å². The average molecular weight is 548 g/mol. The Morgan fingerprint density at radius 2 is 1.79 bits per heavy atom. The van der Waals surface area contributed by atoms with Gasteiger partial charge in [-0.1, -0.05) is 6.07 Å². The molecule has 1 aliphatic heterocycles. The summed E-state index contributed by atoms with van der Waals surface area (Å²) in [6.07, 6.45) is -3.57. The molecule has 1 atom stereocenters. The number of alkyl halides is 3. The van der Waals surface area contributed by atoms with Gasteiger partial charge in [-0.25, -0.2) is 23.7 Å². The van der Waals surface area contributed by atoms with Crippen molar-refractivity contribution in [3.63, 3.8) is 0 Å². The van der Waals surface area contributed by atoms with Crippen molar-refractivity contribution in [2.24, 2.45) is 0 Å². The molecule has 0 bridgehead atoms. The third kappa shape index (κ3) is 4.23. The summed E-state index contributed by atoms with van der Waals surface area (Å²) < 4.78 is 83.5. The molecular formula is C24H21F5N8O2. The molecule has 5 rings (SSSR count). The lowest BCUT2D eigenvalue weighted by Crippen LogP contribution is -2.31. The highest BCUT2D eigenvalue weighted by Gasteiger charge is 2.40.